The number of fused-ring (bicyclic) bond motifs is 1. The molecule has 0 saturated carbocycles. The van der Waals surface area contributed by atoms with Gasteiger partial charge in [-0.2, -0.15) is 4.31 Å². The molecule has 1 saturated heterocycles. The van der Waals surface area contributed by atoms with E-state index in [1.54, 1.807) is 18.2 Å². The Morgan fingerprint density at radius 3 is 2.55 bits per heavy atom. The van der Waals surface area contributed by atoms with Crippen molar-refractivity contribution in [2.24, 2.45) is 0 Å². The first-order chi connectivity index (χ1) is 13.8. The third-order valence-electron chi connectivity index (χ3n) is 5.15. The number of benzene rings is 1. The fourth-order valence-electron chi connectivity index (χ4n) is 3.54. The van der Waals surface area contributed by atoms with Gasteiger partial charge in [-0.3, -0.25) is 14.5 Å². The minimum atomic E-state index is -3.64. The molecule has 154 valence electrons. The van der Waals surface area contributed by atoms with Gasteiger partial charge in [0.15, 0.2) is 0 Å². The van der Waals surface area contributed by atoms with Gasteiger partial charge in [-0.1, -0.05) is 12.1 Å². The summed E-state index contributed by atoms with van der Waals surface area (Å²) in [5, 5.41) is 0.539. The first-order valence-corrected chi connectivity index (χ1v) is 11.8. The van der Waals surface area contributed by atoms with Gasteiger partial charge in [0.25, 0.3) is 0 Å². The quantitative estimate of drug-likeness (QED) is 0.669. The van der Waals surface area contributed by atoms with Crippen LogP contribution in [0.4, 0.5) is 4.39 Å². The molecule has 0 atom stereocenters. The molecular weight excluding hydrogens is 417 g/mol. The largest absolute Gasteiger partial charge is 0.282 e. The molecule has 2 amide bonds. The number of hydrogen-bond acceptors (Lipinski definition) is 6. The number of thiazole rings is 1. The fraction of sp³-hybridized carbons (Fsp3) is 0.421. The standard InChI is InChI=1S/C19H20FN3O4S2/c20-14-5-2-1-4-13(14)19-21-15-8-9-22(12-16(15)28-19)29(26,27)11-10-23-17(24)6-3-7-18(23)25/h1-2,4-5H,3,6-12H2. The van der Waals surface area contributed by atoms with E-state index in [1.165, 1.54) is 21.7 Å². The predicted octanol–water partition coefficient (Wildman–Crippen LogP) is 2.18. The molecule has 0 aliphatic carbocycles. The molecule has 0 radical (unpaired) electrons. The van der Waals surface area contributed by atoms with E-state index in [0.717, 1.165) is 15.5 Å². The topological polar surface area (TPSA) is 87.7 Å². The Balaban J connectivity index is 1.47. The van der Waals surface area contributed by atoms with Crippen molar-refractivity contribution >= 4 is 33.2 Å². The third-order valence-corrected chi connectivity index (χ3v) is 8.06. The van der Waals surface area contributed by atoms with Crippen LogP contribution >= 0.6 is 11.3 Å². The van der Waals surface area contributed by atoms with Crippen LogP contribution in [0.3, 0.4) is 0 Å². The number of aromatic nitrogens is 1. The molecule has 2 aliphatic heterocycles. The second kappa shape index (κ2) is 7.92. The zero-order valence-electron chi connectivity index (χ0n) is 15.6. The first-order valence-electron chi connectivity index (χ1n) is 9.39. The summed E-state index contributed by atoms with van der Waals surface area (Å²) in [7, 11) is -3.64. The van der Waals surface area contributed by atoms with Crippen molar-refractivity contribution in [3.8, 4) is 10.6 Å². The zero-order chi connectivity index (χ0) is 20.6. The smallest absolute Gasteiger partial charge is 0.229 e. The predicted molar refractivity (Wildman–Crippen MR) is 106 cm³/mol. The Morgan fingerprint density at radius 1 is 1.10 bits per heavy atom. The van der Waals surface area contributed by atoms with Crippen LogP contribution < -0.4 is 0 Å². The van der Waals surface area contributed by atoms with Gasteiger partial charge >= 0.3 is 0 Å². The van der Waals surface area contributed by atoms with Crippen LogP contribution in [-0.2, 0) is 32.6 Å². The molecule has 29 heavy (non-hydrogen) atoms. The lowest BCUT2D eigenvalue weighted by Crippen LogP contribution is -2.45. The molecule has 0 N–H and O–H groups in total. The van der Waals surface area contributed by atoms with Crippen molar-refractivity contribution < 1.29 is 22.4 Å². The summed E-state index contributed by atoms with van der Waals surface area (Å²) in [5.41, 5.74) is 1.20. The van der Waals surface area contributed by atoms with Crippen LogP contribution in [0.25, 0.3) is 10.6 Å². The van der Waals surface area contributed by atoms with Gasteiger partial charge in [0.05, 0.1) is 11.4 Å². The lowest BCUT2D eigenvalue weighted by atomic mass is 10.1. The van der Waals surface area contributed by atoms with E-state index in [-0.39, 0.29) is 55.9 Å². The van der Waals surface area contributed by atoms with Crippen molar-refractivity contribution in [1.29, 1.82) is 0 Å². The second-order valence-corrected chi connectivity index (χ2v) is 10.2. The number of nitrogens with zero attached hydrogens (tertiary/aromatic N) is 3. The summed E-state index contributed by atoms with van der Waals surface area (Å²) >= 11 is 1.29. The number of carbonyl (C=O) groups is 2. The fourth-order valence-corrected chi connectivity index (χ4v) is 6.14. The summed E-state index contributed by atoms with van der Waals surface area (Å²) in [6.07, 6.45) is 1.52. The molecule has 1 fully saturated rings. The Hall–Kier alpha value is -2.17. The number of rotatable bonds is 5. The van der Waals surface area contributed by atoms with E-state index in [9.17, 15) is 22.4 Å². The van der Waals surface area contributed by atoms with E-state index >= 15 is 0 Å². The Kier molecular flexibility index (Phi) is 5.50. The maximum absolute atomic E-state index is 14.0. The molecule has 0 spiro atoms. The van der Waals surface area contributed by atoms with Gasteiger partial charge < -0.3 is 0 Å². The van der Waals surface area contributed by atoms with Gasteiger partial charge in [-0.25, -0.2) is 17.8 Å². The summed E-state index contributed by atoms with van der Waals surface area (Å²) in [6.45, 7) is 0.329. The zero-order valence-corrected chi connectivity index (χ0v) is 17.3. The maximum atomic E-state index is 14.0. The number of sulfonamides is 1. The average Bonchev–Trinajstić information content (AvgIpc) is 3.11. The van der Waals surface area contributed by atoms with Gasteiger partial charge in [0, 0.05) is 49.3 Å². The monoisotopic (exact) mass is 437 g/mol. The van der Waals surface area contributed by atoms with Crippen molar-refractivity contribution in [1.82, 2.24) is 14.2 Å². The highest BCUT2D eigenvalue weighted by Gasteiger charge is 2.32. The lowest BCUT2D eigenvalue weighted by molar-refractivity contribution is -0.147. The van der Waals surface area contributed by atoms with E-state index < -0.39 is 10.0 Å². The summed E-state index contributed by atoms with van der Waals surface area (Å²) < 4.78 is 41.0. The molecule has 1 aromatic heterocycles. The molecule has 2 aliphatic rings. The van der Waals surface area contributed by atoms with Gasteiger partial charge in [-0.05, 0) is 18.6 Å². The molecule has 0 bridgehead atoms. The summed E-state index contributed by atoms with van der Waals surface area (Å²) in [6, 6.07) is 6.37. The number of imide groups is 1. The second-order valence-electron chi connectivity index (χ2n) is 7.06. The van der Waals surface area contributed by atoms with Crippen LogP contribution in [0.5, 0.6) is 0 Å². The van der Waals surface area contributed by atoms with Gasteiger partial charge in [-0.15, -0.1) is 11.3 Å². The number of piperidine rings is 1. The molecule has 4 rings (SSSR count). The van der Waals surface area contributed by atoms with Crippen molar-refractivity contribution in [3.63, 3.8) is 0 Å². The molecule has 0 unspecified atom stereocenters. The minimum Gasteiger partial charge on any atom is -0.282 e. The highest BCUT2D eigenvalue weighted by molar-refractivity contribution is 7.89. The molecule has 1 aromatic carbocycles. The molecular formula is C19H20FN3O4S2. The maximum Gasteiger partial charge on any atom is 0.229 e. The molecule has 10 heteroatoms. The van der Waals surface area contributed by atoms with Crippen LogP contribution in [0.15, 0.2) is 24.3 Å². The number of likely N-dealkylation sites (tertiary alicyclic amines) is 1. The Bertz CT molecular complexity index is 1050. The van der Waals surface area contributed by atoms with Crippen LogP contribution in [0, 0.1) is 5.82 Å². The first kappa shape index (κ1) is 20.1. The molecule has 7 nitrogen and oxygen atoms in total. The van der Waals surface area contributed by atoms with Crippen molar-refractivity contribution in [3.05, 3.63) is 40.7 Å². The lowest BCUT2D eigenvalue weighted by Gasteiger charge is -2.28. The summed E-state index contributed by atoms with van der Waals surface area (Å²) in [4.78, 5) is 30.1. The van der Waals surface area contributed by atoms with E-state index in [0.29, 0.717) is 23.4 Å². The van der Waals surface area contributed by atoms with E-state index in [4.69, 9.17) is 0 Å². The Morgan fingerprint density at radius 2 is 1.83 bits per heavy atom. The van der Waals surface area contributed by atoms with Gasteiger partial charge in [0.2, 0.25) is 21.8 Å². The normalized spacial score (nSPS) is 18.2. The van der Waals surface area contributed by atoms with Gasteiger partial charge in [0.1, 0.15) is 10.8 Å². The molecule has 3 heterocycles. The van der Waals surface area contributed by atoms with Crippen LogP contribution in [-0.4, -0.2) is 53.3 Å². The number of amides is 2. The molecule has 2 aromatic rings. The van der Waals surface area contributed by atoms with Crippen LogP contribution in [0.1, 0.15) is 29.8 Å². The highest BCUT2D eigenvalue weighted by Crippen LogP contribution is 2.33. The number of hydrogen-bond donors (Lipinski definition) is 0. The Labute approximate surface area is 172 Å². The van der Waals surface area contributed by atoms with Crippen LogP contribution in [0.2, 0.25) is 0 Å². The summed E-state index contributed by atoms with van der Waals surface area (Å²) in [5.74, 6) is -1.28. The number of carbonyl (C=O) groups excluding carboxylic acids is 2. The average molecular weight is 438 g/mol. The van der Waals surface area contributed by atoms with E-state index in [1.807, 2.05) is 0 Å². The highest BCUT2D eigenvalue weighted by atomic mass is 32.2. The minimum absolute atomic E-state index is 0.119. The third kappa shape index (κ3) is 4.10. The van der Waals surface area contributed by atoms with Crippen molar-refractivity contribution in [2.75, 3.05) is 18.8 Å². The SMILES string of the molecule is O=C1CCCC(=O)N1CCS(=O)(=O)N1CCc2nc(-c3ccccc3F)sc2C1. The van der Waals surface area contributed by atoms with E-state index in [2.05, 4.69) is 4.98 Å². The number of halogens is 1. The van der Waals surface area contributed by atoms with Crippen molar-refractivity contribution in [2.45, 2.75) is 32.2 Å².